The fourth-order valence-corrected chi connectivity index (χ4v) is 0.852. The summed E-state index contributed by atoms with van der Waals surface area (Å²) in [6.45, 7) is 5.33. The van der Waals surface area contributed by atoms with Gasteiger partial charge in [0, 0.05) is 6.42 Å². The molecule has 0 radical (unpaired) electrons. The van der Waals surface area contributed by atoms with Crippen LogP contribution in [-0.2, 0) is 4.74 Å². The molecule has 0 heterocycles. The summed E-state index contributed by atoms with van der Waals surface area (Å²) >= 11 is 0. The molecular weight excluding hydrogens is 251 g/mol. The van der Waals surface area contributed by atoms with Gasteiger partial charge in [0.15, 0.2) is 0 Å². The number of alkyl halides is 3. The zero-order valence-electron chi connectivity index (χ0n) is 10.8. The van der Waals surface area contributed by atoms with Crippen LogP contribution in [0.4, 0.5) is 18.0 Å². The third-order valence-corrected chi connectivity index (χ3v) is 1.49. The van der Waals surface area contributed by atoms with Crippen molar-refractivity contribution in [2.45, 2.75) is 45.9 Å². The highest BCUT2D eigenvalue weighted by molar-refractivity contribution is 5.83. The van der Waals surface area contributed by atoms with E-state index in [1.807, 2.05) is 0 Å². The Morgan fingerprint density at radius 3 is 2.17 bits per heavy atom. The third kappa shape index (κ3) is 9.73. The Labute approximate surface area is 104 Å². The second-order valence-corrected chi connectivity index (χ2v) is 4.48. The van der Waals surface area contributed by atoms with Crippen LogP contribution >= 0.6 is 0 Å². The first-order valence-electron chi connectivity index (χ1n) is 5.38. The van der Waals surface area contributed by atoms with Crippen molar-refractivity contribution in [1.82, 2.24) is 10.9 Å². The van der Waals surface area contributed by atoms with Crippen LogP contribution in [0.2, 0.25) is 0 Å². The van der Waals surface area contributed by atoms with Crippen LogP contribution in [0.3, 0.4) is 0 Å². The molecule has 0 fully saturated rings. The first-order chi connectivity index (χ1) is 8.03. The minimum atomic E-state index is -4.37. The normalized spacial score (nSPS) is 13.2. The van der Waals surface area contributed by atoms with Gasteiger partial charge in [-0.25, -0.2) is 10.2 Å². The molecule has 8 heteroatoms. The van der Waals surface area contributed by atoms with Crippen LogP contribution in [0.1, 0.15) is 34.1 Å². The zero-order valence-corrected chi connectivity index (χ0v) is 10.8. The highest BCUT2D eigenvalue weighted by atomic mass is 19.4. The number of amides is 1. The van der Waals surface area contributed by atoms with Gasteiger partial charge in [0.1, 0.15) is 18.0 Å². The molecule has 0 aliphatic carbocycles. The maximum absolute atomic E-state index is 11.9. The van der Waals surface area contributed by atoms with Crippen LogP contribution < -0.4 is 10.9 Å². The Morgan fingerprint density at radius 1 is 1.22 bits per heavy atom. The number of nitrogens with one attached hydrogen (secondary N) is 2. The van der Waals surface area contributed by atoms with Crippen molar-refractivity contribution in [2.24, 2.45) is 4.99 Å². The van der Waals surface area contributed by atoms with Crippen molar-refractivity contribution in [1.29, 1.82) is 0 Å². The van der Waals surface area contributed by atoms with Gasteiger partial charge >= 0.3 is 12.3 Å². The average molecular weight is 269 g/mol. The second kappa shape index (κ2) is 6.46. The minimum Gasteiger partial charge on any atom is -0.443 e. The van der Waals surface area contributed by atoms with Gasteiger partial charge in [-0.2, -0.15) is 13.2 Å². The molecule has 106 valence electrons. The van der Waals surface area contributed by atoms with E-state index in [4.69, 9.17) is 4.74 Å². The lowest BCUT2D eigenvalue weighted by Gasteiger charge is -2.20. The maximum atomic E-state index is 11.9. The summed E-state index contributed by atoms with van der Waals surface area (Å²) < 4.78 is 40.7. The van der Waals surface area contributed by atoms with Crippen molar-refractivity contribution < 1.29 is 22.7 Å². The number of ether oxygens (including phenoxy) is 1. The Hall–Kier alpha value is -1.47. The van der Waals surface area contributed by atoms with Gasteiger partial charge in [-0.3, -0.25) is 10.4 Å². The van der Waals surface area contributed by atoms with E-state index >= 15 is 0 Å². The Kier molecular flexibility index (Phi) is 5.93. The highest BCUT2D eigenvalue weighted by Crippen LogP contribution is 2.14. The molecular formula is C10H18F3N3O2. The van der Waals surface area contributed by atoms with Crippen LogP contribution in [0.25, 0.3) is 0 Å². The molecule has 5 nitrogen and oxygen atoms in total. The number of hydrazine groups is 1. The molecule has 0 aromatic rings. The Morgan fingerprint density at radius 2 is 1.78 bits per heavy atom. The number of amidine groups is 1. The molecule has 0 atom stereocenters. The fraction of sp³-hybridized carbons (Fsp3) is 0.800. The Bertz CT molecular complexity index is 308. The predicted octanol–water partition coefficient (Wildman–Crippen LogP) is 2.39. The number of carbonyl (C=O) groups excluding carboxylic acids is 1. The molecule has 0 saturated heterocycles. The van der Waals surface area contributed by atoms with Crippen LogP contribution in [0, 0.1) is 0 Å². The number of hydrogen-bond donors (Lipinski definition) is 2. The van der Waals surface area contributed by atoms with E-state index in [1.54, 1.807) is 27.7 Å². The summed E-state index contributed by atoms with van der Waals surface area (Å²) in [6, 6.07) is 0. The molecule has 0 spiro atoms. The standard InChI is InChI=1S/C10H18F3N3O2/c1-5-7(14-6-10(11,12)13)15-16-8(17)18-9(2,3)4/h5-6H2,1-4H3,(H,14,15)(H,16,17). The largest absolute Gasteiger partial charge is 0.443 e. The molecule has 0 aromatic heterocycles. The van der Waals surface area contributed by atoms with Gasteiger partial charge in [0.25, 0.3) is 0 Å². The fourth-order valence-electron chi connectivity index (χ4n) is 0.852. The van der Waals surface area contributed by atoms with Gasteiger partial charge in [0.2, 0.25) is 0 Å². The first-order valence-corrected chi connectivity index (χ1v) is 5.38. The average Bonchev–Trinajstić information content (AvgIpc) is 2.13. The molecule has 0 saturated carbocycles. The lowest BCUT2D eigenvalue weighted by molar-refractivity contribution is -0.118. The number of hydrogen-bond acceptors (Lipinski definition) is 3. The van der Waals surface area contributed by atoms with Crippen LogP contribution in [0.5, 0.6) is 0 Å². The molecule has 0 aliphatic rings. The van der Waals surface area contributed by atoms with E-state index < -0.39 is 24.4 Å². The molecule has 1 amide bonds. The van der Waals surface area contributed by atoms with E-state index in [1.165, 1.54) is 0 Å². The molecule has 0 aromatic carbocycles. The molecule has 18 heavy (non-hydrogen) atoms. The van der Waals surface area contributed by atoms with E-state index in [0.29, 0.717) is 0 Å². The summed E-state index contributed by atoms with van der Waals surface area (Å²) in [5.74, 6) is 0.0261. The smallest absolute Gasteiger partial charge is 0.426 e. The van der Waals surface area contributed by atoms with Gasteiger partial charge in [-0.05, 0) is 20.8 Å². The first kappa shape index (κ1) is 16.5. The summed E-state index contributed by atoms with van der Waals surface area (Å²) in [6.07, 6.45) is -4.92. The van der Waals surface area contributed by atoms with E-state index in [0.717, 1.165) is 0 Å². The number of aliphatic imine (C=N–C) groups is 1. The third-order valence-electron chi connectivity index (χ3n) is 1.49. The summed E-state index contributed by atoms with van der Waals surface area (Å²) in [4.78, 5) is 14.5. The minimum absolute atomic E-state index is 0.0261. The lowest BCUT2D eigenvalue weighted by atomic mass is 10.2. The number of rotatable bonds is 2. The van der Waals surface area contributed by atoms with E-state index in [-0.39, 0.29) is 12.3 Å². The predicted molar refractivity (Wildman–Crippen MR) is 61.2 cm³/mol. The van der Waals surface area contributed by atoms with Crippen molar-refractivity contribution in [3.63, 3.8) is 0 Å². The second-order valence-electron chi connectivity index (χ2n) is 4.48. The summed E-state index contributed by atoms with van der Waals surface area (Å²) in [5.41, 5.74) is 3.73. The van der Waals surface area contributed by atoms with Crippen molar-refractivity contribution >= 4 is 11.9 Å². The quantitative estimate of drug-likeness (QED) is 0.459. The van der Waals surface area contributed by atoms with Crippen LogP contribution in [-0.4, -0.2) is 30.3 Å². The maximum Gasteiger partial charge on any atom is 0.426 e. The van der Waals surface area contributed by atoms with Crippen molar-refractivity contribution in [3.8, 4) is 0 Å². The number of halogens is 3. The highest BCUT2D eigenvalue weighted by Gasteiger charge is 2.26. The van der Waals surface area contributed by atoms with Crippen molar-refractivity contribution in [2.75, 3.05) is 6.54 Å². The Balaban J connectivity index is 4.20. The van der Waals surface area contributed by atoms with Gasteiger partial charge in [0.05, 0.1) is 0 Å². The van der Waals surface area contributed by atoms with Crippen LogP contribution in [0.15, 0.2) is 4.99 Å². The summed E-state index contributed by atoms with van der Waals surface area (Å²) in [5, 5.41) is 0. The lowest BCUT2D eigenvalue weighted by Crippen LogP contribution is -2.44. The van der Waals surface area contributed by atoms with Gasteiger partial charge in [-0.1, -0.05) is 6.92 Å². The molecule has 0 aliphatic heterocycles. The summed E-state index contributed by atoms with van der Waals surface area (Å²) in [7, 11) is 0. The molecule has 0 bridgehead atoms. The zero-order chi connectivity index (χ0) is 14.4. The number of nitrogens with zero attached hydrogens (tertiary/aromatic N) is 1. The molecule has 0 rings (SSSR count). The van der Waals surface area contributed by atoms with E-state index in [2.05, 4.69) is 15.8 Å². The van der Waals surface area contributed by atoms with Crippen molar-refractivity contribution in [3.05, 3.63) is 0 Å². The molecule has 0 unspecified atom stereocenters. The van der Waals surface area contributed by atoms with Gasteiger partial charge in [-0.15, -0.1) is 0 Å². The number of carbonyl (C=O) groups is 1. The monoisotopic (exact) mass is 269 g/mol. The topological polar surface area (TPSA) is 62.7 Å². The van der Waals surface area contributed by atoms with E-state index in [9.17, 15) is 18.0 Å². The SMILES string of the molecule is CCC(=NCC(F)(F)F)NNC(=O)OC(C)(C)C. The molecule has 2 N–H and O–H groups in total. The van der Waals surface area contributed by atoms with Gasteiger partial charge < -0.3 is 4.74 Å².